The average molecular weight is 285 g/mol. The molecule has 2 aliphatic heterocycles. The molecule has 2 saturated heterocycles. The van der Waals surface area contributed by atoms with Gasteiger partial charge in [-0.3, -0.25) is 4.79 Å². The van der Waals surface area contributed by atoms with Gasteiger partial charge in [-0.25, -0.2) is 0 Å². The summed E-state index contributed by atoms with van der Waals surface area (Å²) >= 11 is 0. The van der Waals surface area contributed by atoms with Crippen molar-refractivity contribution in [2.75, 3.05) is 26.3 Å². The Morgan fingerprint density at radius 2 is 2.15 bits per heavy atom. The van der Waals surface area contributed by atoms with E-state index in [2.05, 4.69) is 0 Å². The molecule has 0 saturated carbocycles. The fraction of sp³-hybridized carbons (Fsp3) is 0.933. The van der Waals surface area contributed by atoms with Gasteiger partial charge in [-0.1, -0.05) is 0 Å². The predicted octanol–water partition coefficient (Wildman–Crippen LogP) is 1.33. The van der Waals surface area contributed by atoms with Gasteiger partial charge in [-0.05, 0) is 39.5 Å². The van der Waals surface area contributed by atoms with Crippen LogP contribution in [0.3, 0.4) is 0 Å². The third kappa shape index (κ3) is 4.43. The van der Waals surface area contributed by atoms with Crippen molar-refractivity contribution < 1.29 is 19.4 Å². The Morgan fingerprint density at radius 1 is 1.35 bits per heavy atom. The maximum atomic E-state index is 12.3. The summed E-state index contributed by atoms with van der Waals surface area (Å²) in [7, 11) is 0. The molecule has 1 N–H and O–H groups in total. The molecule has 2 heterocycles. The second-order valence-corrected chi connectivity index (χ2v) is 6.48. The zero-order valence-electron chi connectivity index (χ0n) is 12.6. The van der Waals surface area contributed by atoms with Gasteiger partial charge in [0, 0.05) is 26.1 Å². The van der Waals surface area contributed by atoms with E-state index in [1.165, 1.54) is 6.42 Å². The molecule has 116 valence electrons. The molecule has 0 bridgehead atoms. The van der Waals surface area contributed by atoms with Crippen LogP contribution in [0.2, 0.25) is 0 Å². The van der Waals surface area contributed by atoms with Gasteiger partial charge in [0.25, 0.3) is 0 Å². The van der Waals surface area contributed by atoms with Gasteiger partial charge in [0.1, 0.15) is 0 Å². The summed E-state index contributed by atoms with van der Waals surface area (Å²) in [6.07, 6.45) is 4.72. The normalized spacial score (nSPS) is 30.2. The minimum absolute atomic E-state index is 0.0427. The van der Waals surface area contributed by atoms with E-state index >= 15 is 0 Å². The quantitative estimate of drug-likeness (QED) is 0.846. The van der Waals surface area contributed by atoms with E-state index in [0.29, 0.717) is 19.5 Å². The van der Waals surface area contributed by atoms with Crippen LogP contribution in [0.25, 0.3) is 0 Å². The second kappa shape index (κ2) is 6.87. The first kappa shape index (κ1) is 15.7. The fourth-order valence-corrected chi connectivity index (χ4v) is 3.06. The third-order valence-corrected chi connectivity index (χ3v) is 3.99. The molecule has 0 spiro atoms. The zero-order valence-corrected chi connectivity index (χ0v) is 12.6. The van der Waals surface area contributed by atoms with Crippen molar-refractivity contribution in [1.29, 1.82) is 0 Å². The lowest BCUT2D eigenvalue weighted by Gasteiger charge is -2.42. The molecule has 2 aliphatic rings. The van der Waals surface area contributed by atoms with Crippen LogP contribution in [0, 0.1) is 0 Å². The van der Waals surface area contributed by atoms with E-state index in [1.807, 2.05) is 18.7 Å². The number of hydrogen-bond acceptors (Lipinski definition) is 4. The number of morpholine rings is 1. The van der Waals surface area contributed by atoms with E-state index in [0.717, 1.165) is 25.9 Å². The molecule has 0 radical (unpaired) electrons. The number of carbonyl (C=O) groups excluding carboxylic acids is 1. The van der Waals surface area contributed by atoms with Crippen molar-refractivity contribution in [1.82, 2.24) is 4.90 Å². The molecule has 0 aromatic heterocycles. The fourth-order valence-electron chi connectivity index (χ4n) is 3.06. The van der Waals surface area contributed by atoms with E-state index < -0.39 is 0 Å². The summed E-state index contributed by atoms with van der Waals surface area (Å²) < 4.78 is 11.4. The van der Waals surface area contributed by atoms with E-state index in [1.54, 1.807) is 0 Å². The average Bonchev–Trinajstić information content (AvgIpc) is 2.44. The van der Waals surface area contributed by atoms with Crippen LogP contribution in [0.4, 0.5) is 0 Å². The van der Waals surface area contributed by atoms with Crippen molar-refractivity contribution in [3.05, 3.63) is 0 Å². The van der Waals surface area contributed by atoms with Gasteiger partial charge >= 0.3 is 0 Å². The minimum atomic E-state index is -0.386. The molecule has 0 aromatic carbocycles. The van der Waals surface area contributed by atoms with Crippen LogP contribution in [-0.4, -0.2) is 60.0 Å². The number of aliphatic hydroxyl groups is 1. The second-order valence-electron chi connectivity index (χ2n) is 6.48. The number of rotatable bonds is 4. The predicted molar refractivity (Wildman–Crippen MR) is 75.4 cm³/mol. The molecule has 20 heavy (non-hydrogen) atoms. The first-order chi connectivity index (χ1) is 9.50. The van der Waals surface area contributed by atoms with Crippen LogP contribution in [-0.2, 0) is 14.3 Å². The lowest BCUT2D eigenvalue weighted by atomic mass is 10.0. The smallest absolute Gasteiger partial charge is 0.222 e. The maximum absolute atomic E-state index is 12.3. The molecular formula is C15H27NO4. The number of aliphatic hydroxyl groups excluding tert-OH is 1. The molecule has 0 aliphatic carbocycles. The van der Waals surface area contributed by atoms with Crippen LogP contribution in [0.15, 0.2) is 0 Å². The highest BCUT2D eigenvalue weighted by atomic mass is 16.5. The van der Waals surface area contributed by atoms with Crippen LogP contribution in [0.1, 0.15) is 46.0 Å². The van der Waals surface area contributed by atoms with Crippen LogP contribution in [0.5, 0.6) is 0 Å². The Kier molecular flexibility index (Phi) is 5.41. The summed E-state index contributed by atoms with van der Waals surface area (Å²) in [4.78, 5) is 14.1. The van der Waals surface area contributed by atoms with E-state index in [4.69, 9.17) is 9.47 Å². The molecule has 5 nitrogen and oxygen atoms in total. The molecular weight excluding hydrogens is 258 g/mol. The summed E-state index contributed by atoms with van der Waals surface area (Å²) in [6.45, 7) is 5.78. The highest BCUT2D eigenvalue weighted by Crippen LogP contribution is 2.23. The first-order valence-electron chi connectivity index (χ1n) is 7.68. The number of carbonyl (C=O) groups is 1. The highest BCUT2D eigenvalue weighted by molar-refractivity contribution is 5.76. The molecule has 2 fully saturated rings. The van der Waals surface area contributed by atoms with Gasteiger partial charge in [-0.15, -0.1) is 0 Å². The lowest BCUT2D eigenvalue weighted by Crippen LogP contribution is -2.55. The summed E-state index contributed by atoms with van der Waals surface area (Å²) in [5, 5.41) is 9.27. The Labute approximate surface area is 121 Å². The van der Waals surface area contributed by atoms with Crippen LogP contribution >= 0.6 is 0 Å². The number of ether oxygens (including phenoxy) is 2. The van der Waals surface area contributed by atoms with Crippen molar-refractivity contribution in [3.63, 3.8) is 0 Å². The van der Waals surface area contributed by atoms with Gasteiger partial charge < -0.3 is 19.5 Å². The Hall–Kier alpha value is -0.650. The molecule has 1 amide bonds. The Bertz CT molecular complexity index is 326. The number of nitrogens with zero attached hydrogens (tertiary/aromatic N) is 1. The third-order valence-electron chi connectivity index (χ3n) is 3.99. The summed E-state index contributed by atoms with van der Waals surface area (Å²) in [6, 6.07) is 0. The van der Waals surface area contributed by atoms with Gasteiger partial charge in [0.15, 0.2) is 0 Å². The van der Waals surface area contributed by atoms with Crippen molar-refractivity contribution >= 4 is 5.91 Å². The topological polar surface area (TPSA) is 59.0 Å². The minimum Gasteiger partial charge on any atom is -0.394 e. The molecule has 5 heteroatoms. The van der Waals surface area contributed by atoms with Crippen LogP contribution < -0.4 is 0 Å². The molecule has 0 aromatic rings. The van der Waals surface area contributed by atoms with Gasteiger partial charge in [0.2, 0.25) is 5.91 Å². The van der Waals surface area contributed by atoms with Crippen molar-refractivity contribution in [2.24, 2.45) is 0 Å². The van der Waals surface area contributed by atoms with Crippen molar-refractivity contribution in [2.45, 2.75) is 63.8 Å². The zero-order chi connectivity index (χ0) is 14.6. The van der Waals surface area contributed by atoms with Crippen molar-refractivity contribution in [3.8, 4) is 0 Å². The molecule has 2 atom stereocenters. The van der Waals surface area contributed by atoms with E-state index in [-0.39, 0.29) is 30.3 Å². The standard InChI is InChI=1S/C15H27NO4/c1-15(2)11-16(9-13(10-17)20-15)14(18)7-6-12-5-3-4-8-19-12/h12-13,17H,3-11H2,1-2H3. The number of hydrogen-bond donors (Lipinski definition) is 1. The SMILES string of the molecule is CC1(C)CN(C(=O)CCC2CCCCO2)CC(CO)O1. The summed E-state index contributed by atoms with van der Waals surface area (Å²) in [5.41, 5.74) is -0.386. The molecule has 2 rings (SSSR count). The first-order valence-corrected chi connectivity index (χ1v) is 7.68. The Morgan fingerprint density at radius 3 is 2.80 bits per heavy atom. The largest absolute Gasteiger partial charge is 0.394 e. The lowest BCUT2D eigenvalue weighted by molar-refractivity contribution is -0.167. The summed E-state index contributed by atoms with van der Waals surface area (Å²) in [5.74, 6) is 0.147. The maximum Gasteiger partial charge on any atom is 0.222 e. The van der Waals surface area contributed by atoms with Gasteiger partial charge in [0.05, 0.1) is 24.4 Å². The van der Waals surface area contributed by atoms with E-state index in [9.17, 15) is 9.90 Å². The molecule has 2 unspecified atom stereocenters. The number of amides is 1. The highest BCUT2D eigenvalue weighted by Gasteiger charge is 2.35. The monoisotopic (exact) mass is 285 g/mol. The Balaban J connectivity index is 1.81. The van der Waals surface area contributed by atoms with Gasteiger partial charge in [-0.2, -0.15) is 0 Å².